The lowest BCUT2D eigenvalue weighted by molar-refractivity contribution is 0.0697. The van der Waals surface area contributed by atoms with Gasteiger partial charge in [0.05, 0.1) is 10.6 Å². The van der Waals surface area contributed by atoms with E-state index >= 15 is 0 Å². The van der Waals surface area contributed by atoms with Crippen molar-refractivity contribution in [2.45, 2.75) is 13.1 Å². The highest BCUT2D eigenvalue weighted by Crippen LogP contribution is 2.19. The average molecular weight is 308 g/mol. The predicted octanol–water partition coefficient (Wildman–Crippen LogP) is 3.81. The Morgan fingerprint density at radius 2 is 1.86 bits per heavy atom. The van der Waals surface area contributed by atoms with Gasteiger partial charge in [-0.15, -0.1) is 0 Å². The van der Waals surface area contributed by atoms with Crippen LogP contribution in [0.1, 0.15) is 21.5 Å². The number of aromatic carboxylic acids is 1. The largest absolute Gasteiger partial charge is 0.478 e. The quantitative estimate of drug-likeness (QED) is 0.913. The third-order valence-electron chi connectivity index (χ3n) is 3.13. The number of benzene rings is 2. The number of hydrogen-bond donors (Lipinski definition) is 1. The maximum absolute atomic E-state index is 13.8. The molecule has 1 N–H and O–H groups in total. The maximum atomic E-state index is 13.8. The highest BCUT2D eigenvalue weighted by atomic mass is 35.5. The second-order valence-corrected chi connectivity index (χ2v) is 5.29. The van der Waals surface area contributed by atoms with Crippen molar-refractivity contribution in [3.8, 4) is 0 Å². The predicted molar refractivity (Wildman–Crippen MR) is 80.0 cm³/mol. The summed E-state index contributed by atoms with van der Waals surface area (Å²) in [5.41, 5.74) is 1.75. The van der Waals surface area contributed by atoms with Crippen LogP contribution in [0.25, 0.3) is 0 Å². The first-order valence-corrected chi connectivity index (χ1v) is 6.79. The molecule has 0 aliphatic rings. The standard InChI is InChI=1S/C16H15ClFNO2/c1-19(10-13-3-2-4-14(17)15(13)18)9-11-5-7-12(8-6-11)16(20)21/h2-8H,9-10H2,1H3,(H,20,21). The summed E-state index contributed by atoms with van der Waals surface area (Å²) >= 11 is 5.76. The smallest absolute Gasteiger partial charge is 0.335 e. The summed E-state index contributed by atoms with van der Waals surface area (Å²) in [5.74, 6) is -1.34. The summed E-state index contributed by atoms with van der Waals surface area (Å²) in [4.78, 5) is 12.7. The summed E-state index contributed by atoms with van der Waals surface area (Å²) < 4.78 is 13.8. The van der Waals surface area contributed by atoms with Gasteiger partial charge >= 0.3 is 5.97 Å². The average Bonchev–Trinajstić information content (AvgIpc) is 2.44. The molecule has 5 heteroatoms. The second kappa shape index (κ2) is 6.70. The molecule has 0 atom stereocenters. The topological polar surface area (TPSA) is 40.5 Å². The lowest BCUT2D eigenvalue weighted by Crippen LogP contribution is -2.18. The molecule has 0 amide bonds. The zero-order chi connectivity index (χ0) is 15.4. The van der Waals surface area contributed by atoms with E-state index in [1.165, 1.54) is 6.07 Å². The summed E-state index contributed by atoms with van der Waals surface area (Å²) in [7, 11) is 1.87. The van der Waals surface area contributed by atoms with Gasteiger partial charge in [0.15, 0.2) is 0 Å². The Bertz CT molecular complexity index is 643. The molecule has 0 spiro atoms. The zero-order valence-corrected chi connectivity index (χ0v) is 12.3. The molecule has 2 rings (SSSR count). The van der Waals surface area contributed by atoms with E-state index in [-0.39, 0.29) is 10.6 Å². The van der Waals surface area contributed by atoms with Gasteiger partial charge in [-0.05, 0) is 30.8 Å². The minimum absolute atomic E-state index is 0.117. The molecule has 110 valence electrons. The van der Waals surface area contributed by atoms with Gasteiger partial charge in [0.2, 0.25) is 0 Å². The monoisotopic (exact) mass is 307 g/mol. The molecule has 21 heavy (non-hydrogen) atoms. The molecule has 0 aliphatic heterocycles. The lowest BCUT2D eigenvalue weighted by Gasteiger charge is -2.17. The van der Waals surface area contributed by atoms with E-state index in [1.54, 1.807) is 36.4 Å². The van der Waals surface area contributed by atoms with Crippen LogP contribution in [0.2, 0.25) is 5.02 Å². The second-order valence-electron chi connectivity index (χ2n) is 4.89. The van der Waals surface area contributed by atoms with Crippen molar-refractivity contribution in [1.29, 1.82) is 0 Å². The number of nitrogens with zero attached hydrogens (tertiary/aromatic N) is 1. The molecular formula is C16H15ClFNO2. The van der Waals surface area contributed by atoms with E-state index in [1.807, 2.05) is 11.9 Å². The minimum atomic E-state index is -0.948. The van der Waals surface area contributed by atoms with Crippen LogP contribution in [0.3, 0.4) is 0 Å². The number of carboxylic acids is 1. The molecule has 0 unspecified atom stereocenters. The molecular weight excluding hydrogens is 293 g/mol. The molecule has 0 saturated carbocycles. The fourth-order valence-corrected chi connectivity index (χ4v) is 2.28. The Kier molecular flexibility index (Phi) is 4.94. The molecule has 2 aromatic carbocycles. The Balaban J connectivity index is 2.02. The molecule has 3 nitrogen and oxygen atoms in total. The molecule has 0 heterocycles. The first-order chi connectivity index (χ1) is 9.97. The van der Waals surface area contributed by atoms with Crippen LogP contribution in [0.15, 0.2) is 42.5 Å². The fraction of sp³-hybridized carbons (Fsp3) is 0.188. The normalized spacial score (nSPS) is 10.9. The van der Waals surface area contributed by atoms with Crippen LogP contribution in [0, 0.1) is 5.82 Å². The van der Waals surface area contributed by atoms with Crippen molar-refractivity contribution in [3.63, 3.8) is 0 Å². The van der Waals surface area contributed by atoms with Crippen LogP contribution in [0.4, 0.5) is 4.39 Å². The van der Waals surface area contributed by atoms with Gasteiger partial charge in [-0.3, -0.25) is 4.90 Å². The Labute approximate surface area is 127 Å². The molecule has 0 aromatic heterocycles. The molecule has 2 aromatic rings. The summed E-state index contributed by atoms with van der Waals surface area (Å²) in [6.07, 6.45) is 0. The molecule has 0 fully saturated rings. The number of halogens is 2. The van der Waals surface area contributed by atoms with Crippen molar-refractivity contribution in [1.82, 2.24) is 4.90 Å². The Morgan fingerprint density at radius 3 is 2.48 bits per heavy atom. The number of carbonyl (C=O) groups is 1. The van der Waals surface area contributed by atoms with E-state index in [0.717, 1.165) is 5.56 Å². The van der Waals surface area contributed by atoms with Crippen molar-refractivity contribution in [2.24, 2.45) is 0 Å². The van der Waals surface area contributed by atoms with Crippen LogP contribution in [0.5, 0.6) is 0 Å². The Morgan fingerprint density at radius 1 is 1.19 bits per heavy atom. The van der Waals surface area contributed by atoms with Crippen molar-refractivity contribution in [3.05, 3.63) is 70.0 Å². The van der Waals surface area contributed by atoms with Crippen LogP contribution < -0.4 is 0 Å². The lowest BCUT2D eigenvalue weighted by atomic mass is 10.1. The van der Waals surface area contributed by atoms with Gasteiger partial charge in [0.1, 0.15) is 5.82 Å². The van der Waals surface area contributed by atoms with Crippen molar-refractivity contribution in [2.75, 3.05) is 7.05 Å². The van der Waals surface area contributed by atoms with Crippen LogP contribution >= 0.6 is 11.6 Å². The number of hydrogen-bond acceptors (Lipinski definition) is 2. The van der Waals surface area contributed by atoms with Gasteiger partial charge in [0.25, 0.3) is 0 Å². The van der Waals surface area contributed by atoms with E-state index in [9.17, 15) is 9.18 Å². The van der Waals surface area contributed by atoms with Crippen molar-refractivity contribution < 1.29 is 14.3 Å². The first-order valence-electron chi connectivity index (χ1n) is 6.41. The fourth-order valence-electron chi connectivity index (χ4n) is 2.08. The minimum Gasteiger partial charge on any atom is -0.478 e. The SMILES string of the molecule is CN(Cc1ccc(C(=O)O)cc1)Cc1cccc(Cl)c1F. The van der Waals surface area contributed by atoms with E-state index in [2.05, 4.69) is 0 Å². The number of rotatable bonds is 5. The molecule has 0 saturated heterocycles. The van der Waals surface area contributed by atoms with Crippen molar-refractivity contribution >= 4 is 17.6 Å². The molecule has 0 aliphatic carbocycles. The van der Waals surface area contributed by atoms with Gasteiger partial charge in [0, 0.05) is 18.7 Å². The number of carboxylic acid groups (broad SMARTS) is 1. The molecule has 0 radical (unpaired) electrons. The van der Waals surface area contributed by atoms with E-state index in [0.29, 0.717) is 18.7 Å². The van der Waals surface area contributed by atoms with E-state index < -0.39 is 11.8 Å². The van der Waals surface area contributed by atoms with Gasteiger partial charge in [-0.2, -0.15) is 0 Å². The van der Waals surface area contributed by atoms with Gasteiger partial charge in [-0.1, -0.05) is 35.9 Å². The highest BCUT2D eigenvalue weighted by Gasteiger charge is 2.09. The third-order valence-corrected chi connectivity index (χ3v) is 3.42. The summed E-state index contributed by atoms with van der Waals surface area (Å²) in [5, 5.41) is 8.96. The molecule has 0 bridgehead atoms. The van der Waals surface area contributed by atoms with Gasteiger partial charge < -0.3 is 5.11 Å². The highest BCUT2D eigenvalue weighted by molar-refractivity contribution is 6.30. The van der Waals surface area contributed by atoms with Crippen LogP contribution in [-0.2, 0) is 13.1 Å². The Hall–Kier alpha value is -1.91. The summed E-state index contributed by atoms with van der Waals surface area (Å²) in [6.45, 7) is 1.01. The summed E-state index contributed by atoms with van der Waals surface area (Å²) in [6, 6.07) is 11.6. The van der Waals surface area contributed by atoms with Crippen LogP contribution in [-0.4, -0.2) is 23.0 Å². The van der Waals surface area contributed by atoms with Gasteiger partial charge in [-0.25, -0.2) is 9.18 Å². The van der Waals surface area contributed by atoms with E-state index in [4.69, 9.17) is 16.7 Å². The first kappa shape index (κ1) is 15.5. The third kappa shape index (κ3) is 4.03. The maximum Gasteiger partial charge on any atom is 0.335 e. The zero-order valence-electron chi connectivity index (χ0n) is 11.5.